The number of benzene rings is 1. The molecule has 19 heavy (non-hydrogen) atoms. The molecule has 1 aromatic rings. The van der Waals surface area contributed by atoms with E-state index in [9.17, 15) is 9.59 Å². The van der Waals surface area contributed by atoms with Gasteiger partial charge in [0.1, 0.15) is 5.75 Å². The molecule has 0 aliphatic heterocycles. The van der Waals surface area contributed by atoms with Crippen molar-refractivity contribution >= 4 is 29.6 Å². The zero-order valence-corrected chi connectivity index (χ0v) is 11.1. The van der Waals surface area contributed by atoms with Gasteiger partial charge in [-0.25, -0.2) is 4.79 Å². The third kappa shape index (κ3) is 5.44. The largest absolute Gasteiger partial charge is 0.492 e. The lowest BCUT2D eigenvalue weighted by atomic mass is 10.2. The summed E-state index contributed by atoms with van der Waals surface area (Å²) in [5.41, 5.74) is 0.548. The number of rotatable bonds is 6. The molecule has 0 aliphatic carbocycles. The highest BCUT2D eigenvalue weighted by molar-refractivity contribution is 6.30. The van der Waals surface area contributed by atoms with Crippen LogP contribution in [0.2, 0.25) is 5.02 Å². The summed E-state index contributed by atoms with van der Waals surface area (Å²) in [5, 5.41) is 11.6. The number of nitrogens with one attached hydrogen (secondary N) is 1. The van der Waals surface area contributed by atoms with E-state index < -0.39 is 5.97 Å². The molecule has 1 rings (SSSR count). The van der Waals surface area contributed by atoms with Gasteiger partial charge in [-0.05, 0) is 24.3 Å². The average molecular weight is 284 g/mol. The summed E-state index contributed by atoms with van der Waals surface area (Å²) in [7, 11) is 1.55. The lowest BCUT2D eigenvalue weighted by Crippen LogP contribution is -2.20. The molecule has 2 N–H and O–H groups in total. The van der Waals surface area contributed by atoms with Crippen LogP contribution in [0, 0.1) is 0 Å². The summed E-state index contributed by atoms with van der Waals surface area (Å²) in [4.78, 5) is 21.5. The molecule has 6 heteroatoms. The first kappa shape index (κ1) is 15.0. The highest BCUT2D eigenvalue weighted by atomic mass is 35.5. The summed E-state index contributed by atoms with van der Waals surface area (Å²) in [6, 6.07) is 4.86. The van der Waals surface area contributed by atoms with E-state index in [1.54, 1.807) is 25.2 Å². The lowest BCUT2D eigenvalue weighted by molar-refractivity contribution is -0.131. The van der Waals surface area contributed by atoms with Crippen molar-refractivity contribution in [3.63, 3.8) is 0 Å². The Labute approximate surface area is 115 Å². The molecule has 0 unspecified atom stereocenters. The number of carbonyl (C=O) groups is 2. The predicted octanol–water partition coefficient (Wildman–Crippen LogP) is 1.95. The molecule has 0 bridgehead atoms. The Balaban J connectivity index is 2.76. The first-order valence-corrected chi connectivity index (χ1v) is 5.94. The molecule has 1 aromatic carbocycles. The van der Waals surface area contributed by atoms with Crippen molar-refractivity contribution in [2.45, 2.75) is 6.42 Å². The molecule has 0 radical (unpaired) electrons. The third-order valence-electron chi connectivity index (χ3n) is 2.24. The zero-order valence-electron chi connectivity index (χ0n) is 10.4. The van der Waals surface area contributed by atoms with E-state index >= 15 is 0 Å². The highest BCUT2D eigenvalue weighted by Crippen LogP contribution is 2.24. The van der Waals surface area contributed by atoms with Crippen LogP contribution in [0.5, 0.6) is 5.75 Å². The molecule has 5 nitrogen and oxygen atoms in total. The van der Waals surface area contributed by atoms with Gasteiger partial charge in [0.05, 0.1) is 13.0 Å². The Hall–Kier alpha value is -2.01. The van der Waals surface area contributed by atoms with Crippen LogP contribution < -0.4 is 10.1 Å². The Bertz CT molecular complexity index is 499. The van der Waals surface area contributed by atoms with Gasteiger partial charge in [0.2, 0.25) is 5.91 Å². The topological polar surface area (TPSA) is 75.6 Å². The van der Waals surface area contributed by atoms with Crippen LogP contribution in [0.1, 0.15) is 12.0 Å². The normalized spacial score (nSPS) is 10.4. The number of carboxylic acids is 1. The van der Waals surface area contributed by atoms with Gasteiger partial charge in [0, 0.05) is 23.7 Å². The van der Waals surface area contributed by atoms with Crippen LogP contribution >= 0.6 is 11.6 Å². The lowest BCUT2D eigenvalue weighted by Gasteiger charge is -2.09. The molecule has 0 saturated heterocycles. The van der Waals surface area contributed by atoms with E-state index in [0.29, 0.717) is 16.3 Å². The van der Waals surface area contributed by atoms with Crippen molar-refractivity contribution in [3.8, 4) is 5.75 Å². The minimum absolute atomic E-state index is 0.128. The predicted molar refractivity (Wildman–Crippen MR) is 72.3 cm³/mol. The van der Waals surface area contributed by atoms with Gasteiger partial charge in [-0.15, -0.1) is 0 Å². The second kappa shape index (κ2) is 7.43. The number of aliphatic carboxylic acids is 1. The maximum absolute atomic E-state index is 11.1. The Kier molecular flexibility index (Phi) is 5.89. The SMILES string of the molecule is CNC(=O)CCOc1ccc(Cl)cc1/C=C/C(=O)O. The Morgan fingerprint density at radius 1 is 1.47 bits per heavy atom. The number of hydrogen-bond donors (Lipinski definition) is 2. The molecular weight excluding hydrogens is 270 g/mol. The molecule has 0 fully saturated rings. The quantitative estimate of drug-likeness (QED) is 0.783. The molecule has 0 aliphatic rings. The minimum atomic E-state index is -1.06. The summed E-state index contributed by atoms with van der Waals surface area (Å²) in [6.07, 6.45) is 2.61. The number of amides is 1. The van der Waals surface area contributed by atoms with Gasteiger partial charge in [0.15, 0.2) is 0 Å². The maximum Gasteiger partial charge on any atom is 0.328 e. The van der Waals surface area contributed by atoms with E-state index in [1.165, 1.54) is 6.08 Å². The van der Waals surface area contributed by atoms with Crippen LogP contribution in [0.15, 0.2) is 24.3 Å². The van der Waals surface area contributed by atoms with Crippen LogP contribution in [-0.2, 0) is 9.59 Å². The molecule has 102 valence electrons. The van der Waals surface area contributed by atoms with E-state index in [1.807, 2.05) is 0 Å². The summed E-state index contributed by atoms with van der Waals surface area (Å²) in [6.45, 7) is 0.204. The van der Waals surface area contributed by atoms with Gasteiger partial charge in [-0.2, -0.15) is 0 Å². The molecule has 0 heterocycles. The van der Waals surface area contributed by atoms with Crippen LogP contribution in [0.25, 0.3) is 6.08 Å². The smallest absolute Gasteiger partial charge is 0.328 e. The summed E-state index contributed by atoms with van der Waals surface area (Å²) in [5.74, 6) is -0.710. The fourth-order valence-electron chi connectivity index (χ4n) is 1.32. The van der Waals surface area contributed by atoms with Gasteiger partial charge in [0.25, 0.3) is 0 Å². The standard InChI is InChI=1S/C13H14ClNO4/c1-15-12(16)6-7-19-11-4-3-10(14)8-9(11)2-5-13(17)18/h2-5,8H,6-7H2,1H3,(H,15,16)(H,17,18)/b5-2+. The summed E-state index contributed by atoms with van der Waals surface area (Å²) >= 11 is 5.84. The molecule has 0 aromatic heterocycles. The van der Waals surface area contributed by atoms with Gasteiger partial charge < -0.3 is 15.2 Å². The number of carbonyl (C=O) groups excluding carboxylic acids is 1. The Morgan fingerprint density at radius 2 is 2.21 bits per heavy atom. The highest BCUT2D eigenvalue weighted by Gasteiger charge is 2.04. The van der Waals surface area contributed by atoms with Gasteiger partial charge >= 0.3 is 5.97 Å². The molecule has 1 amide bonds. The minimum Gasteiger partial charge on any atom is -0.492 e. The first-order chi connectivity index (χ1) is 9.02. The monoisotopic (exact) mass is 283 g/mol. The fraction of sp³-hybridized carbons (Fsp3) is 0.231. The zero-order chi connectivity index (χ0) is 14.3. The second-order valence-corrected chi connectivity index (χ2v) is 4.06. The second-order valence-electron chi connectivity index (χ2n) is 3.63. The summed E-state index contributed by atoms with van der Waals surface area (Å²) < 4.78 is 5.43. The van der Waals surface area contributed by atoms with Crippen LogP contribution in [0.3, 0.4) is 0 Å². The van der Waals surface area contributed by atoms with E-state index in [4.69, 9.17) is 21.4 Å². The number of hydrogen-bond acceptors (Lipinski definition) is 3. The van der Waals surface area contributed by atoms with Crippen LogP contribution in [0.4, 0.5) is 0 Å². The molecule has 0 saturated carbocycles. The maximum atomic E-state index is 11.1. The number of ether oxygens (including phenoxy) is 1. The van der Waals surface area contributed by atoms with Crippen molar-refractivity contribution in [1.29, 1.82) is 0 Å². The fourth-order valence-corrected chi connectivity index (χ4v) is 1.50. The van der Waals surface area contributed by atoms with E-state index in [2.05, 4.69) is 5.32 Å². The van der Waals surface area contributed by atoms with Crippen molar-refractivity contribution in [2.24, 2.45) is 0 Å². The van der Waals surface area contributed by atoms with Gasteiger partial charge in [-0.3, -0.25) is 4.79 Å². The number of halogens is 1. The molecule has 0 atom stereocenters. The van der Waals surface area contributed by atoms with E-state index in [-0.39, 0.29) is 18.9 Å². The number of carboxylic acid groups (broad SMARTS) is 1. The third-order valence-corrected chi connectivity index (χ3v) is 2.48. The van der Waals surface area contributed by atoms with Crippen LogP contribution in [-0.4, -0.2) is 30.6 Å². The molecule has 0 spiro atoms. The van der Waals surface area contributed by atoms with Crippen molar-refractivity contribution < 1.29 is 19.4 Å². The molecular formula is C13H14ClNO4. The van der Waals surface area contributed by atoms with Crippen molar-refractivity contribution in [1.82, 2.24) is 5.32 Å². The first-order valence-electron chi connectivity index (χ1n) is 5.57. The van der Waals surface area contributed by atoms with Crippen molar-refractivity contribution in [3.05, 3.63) is 34.9 Å². The Morgan fingerprint density at radius 3 is 2.84 bits per heavy atom. The van der Waals surface area contributed by atoms with E-state index in [0.717, 1.165) is 6.08 Å². The average Bonchev–Trinajstić information content (AvgIpc) is 2.38. The van der Waals surface area contributed by atoms with Gasteiger partial charge in [-0.1, -0.05) is 11.6 Å². The van der Waals surface area contributed by atoms with Crippen molar-refractivity contribution in [2.75, 3.05) is 13.7 Å².